The van der Waals surface area contributed by atoms with Crippen molar-refractivity contribution in [1.82, 2.24) is 0 Å². The summed E-state index contributed by atoms with van der Waals surface area (Å²) in [5, 5.41) is 1.42. The Labute approximate surface area is 97.6 Å². The summed E-state index contributed by atoms with van der Waals surface area (Å²) in [4.78, 5) is 0. The highest BCUT2D eigenvalue weighted by Gasteiger charge is 2.05. The van der Waals surface area contributed by atoms with Crippen molar-refractivity contribution in [2.45, 2.75) is 19.8 Å². The molecule has 0 radical (unpaired) electrons. The molecule has 0 nitrogen and oxygen atoms in total. The number of rotatable bonds is 4. The van der Waals surface area contributed by atoms with Crippen molar-refractivity contribution < 1.29 is 4.39 Å². The van der Waals surface area contributed by atoms with Gasteiger partial charge in [-0.05, 0) is 36.5 Å². The van der Waals surface area contributed by atoms with E-state index in [0.717, 1.165) is 23.7 Å². The Kier molecular flexibility index (Phi) is 4.90. The van der Waals surface area contributed by atoms with E-state index in [1.807, 2.05) is 0 Å². The first kappa shape index (κ1) is 12.0. The SMILES string of the molecule is CC(CBr)CCc1ccc(Cl)cc1F. The van der Waals surface area contributed by atoms with Gasteiger partial charge in [0.05, 0.1) is 0 Å². The lowest BCUT2D eigenvalue weighted by molar-refractivity contribution is 0.565. The fourth-order valence-corrected chi connectivity index (χ4v) is 1.69. The predicted octanol–water partition coefficient (Wildman–Crippen LogP) is 4.44. The van der Waals surface area contributed by atoms with Crippen LogP contribution in [-0.4, -0.2) is 5.33 Å². The first-order valence-corrected chi connectivity index (χ1v) is 6.13. The number of hydrogen-bond acceptors (Lipinski definition) is 0. The molecule has 0 bridgehead atoms. The van der Waals surface area contributed by atoms with Gasteiger partial charge in [0.25, 0.3) is 0 Å². The van der Waals surface area contributed by atoms with E-state index in [4.69, 9.17) is 11.6 Å². The summed E-state index contributed by atoms with van der Waals surface area (Å²) in [6, 6.07) is 4.87. The molecule has 3 heteroatoms. The lowest BCUT2D eigenvalue weighted by atomic mass is 10.0. The van der Waals surface area contributed by atoms with Gasteiger partial charge in [0.2, 0.25) is 0 Å². The number of benzene rings is 1. The van der Waals surface area contributed by atoms with Crippen LogP contribution in [0.5, 0.6) is 0 Å². The third kappa shape index (κ3) is 3.58. The molecule has 1 unspecified atom stereocenters. The van der Waals surface area contributed by atoms with Gasteiger partial charge in [-0.1, -0.05) is 40.5 Å². The van der Waals surface area contributed by atoms with Crippen molar-refractivity contribution in [3.63, 3.8) is 0 Å². The van der Waals surface area contributed by atoms with Crippen molar-refractivity contribution in [3.05, 3.63) is 34.6 Å². The predicted molar refractivity (Wildman–Crippen MR) is 62.7 cm³/mol. The van der Waals surface area contributed by atoms with E-state index < -0.39 is 0 Å². The first-order chi connectivity index (χ1) is 6.63. The molecular weight excluding hydrogens is 266 g/mol. The largest absolute Gasteiger partial charge is 0.207 e. The molecule has 1 rings (SSSR count). The Hall–Kier alpha value is -0.0800. The van der Waals surface area contributed by atoms with Crippen molar-refractivity contribution in [2.75, 3.05) is 5.33 Å². The lowest BCUT2D eigenvalue weighted by Crippen LogP contribution is -1.99. The molecule has 0 N–H and O–H groups in total. The normalized spacial score (nSPS) is 12.9. The molecule has 0 spiro atoms. The summed E-state index contributed by atoms with van der Waals surface area (Å²) in [6.45, 7) is 2.14. The van der Waals surface area contributed by atoms with Crippen LogP contribution in [0.1, 0.15) is 18.9 Å². The maximum Gasteiger partial charge on any atom is 0.127 e. The van der Waals surface area contributed by atoms with Gasteiger partial charge in [-0.2, -0.15) is 0 Å². The second kappa shape index (κ2) is 5.72. The average molecular weight is 280 g/mol. The Morgan fingerprint density at radius 1 is 1.50 bits per heavy atom. The minimum absolute atomic E-state index is 0.195. The van der Waals surface area contributed by atoms with E-state index in [-0.39, 0.29) is 5.82 Å². The van der Waals surface area contributed by atoms with E-state index in [1.165, 1.54) is 6.07 Å². The van der Waals surface area contributed by atoms with Gasteiger partial charge < -0.3 is 0 Å². The van der Waals surface area contributed by atoms with Crippen molar-refractivity contribution in [1.29, 1.82) is 0 Å². The summed E-state index contributed by atoms with van der Waals surface area (Å²) in [7, 11) is 0. The number of aryl methyl sites for hydroxylation is 1. The minimum atomic E-state index is -0.195. The molecular formula is C11H13BrClF. The van der Waals surface area contributed by atoms with E-state index in [0.29, 0.717) is 10.9 Å². The van der Waals surface area contributed by atoms with Crippen molar-refractivity contribution in [2.24, 2.45) is 5.92 Å². The molecule has 0 aromatic heterocycles. The molecule has 0 heterocycles. The van der Waals surface area contributed by atoms with E-state index >= 15 is 0 Å². The maximum absolute atomic E-state index is 13.3. The molecule has 0 aliphatic heterocycles. The highest BCUT2D eigenvalue weighted by atomic mass is 79.9. The highest BCUT2D eigenvalue weighted by Crippen LogP contribution is 2.18. The van der Waals surface area contributed by atoms with Crippen LogP contribution >= 0.6 is 27.5 Å². The second-order valence-electron chi connectivity index (χ2n) is 3.53. The highest BCUT2D eigenvalue weighted by molar-refractivity contribution is 9.09. The zero-order valence-electron chi connectivity index (χ0n) is 8.06. The molecule has 0 aliphatic rings. The van der Waals surface area contributed by atoms with Crippen LogP contribution in [0.25, 0.3) is 0 Å². The van der Waals surface area contributed by atoms with Crippen LogP contribution in [0.3, 0.4) is 0 Å². The van der Waals surface area contributed by atoms with Gasteiger partial charge >= 0.3 is 0 Å². The smallest absolute Gasteiger partial charge is 0.127 e. The number of hydrogen-bond donors (Lipinski definition) is 0. The summed E-state index contributed by atoms with van der Waals surface area (Å²) in [5.74, 6) is 0.379. The molecule has 0 fully saturated rings. The van der Waals surface area contributed by atoms with E-state index in [1.54, 1.807) is 12.1 Å². The molecule has 0 aliphatic carbocycles. The van der Waals surface area contributed by atoms with Crippen LogP contribution in [0, 0.1) is 11.7 Å². The summed E-state index contributed by atoms with van der Waals surface area (Å²) in [6.07, 6.45) is 1.76. The monoisotopic (exact) mass is 278 g/mol. The zero-order chi connectivity index (χ0) is 10.6. The van der Waals surface area contributed by atoms with Gasteiger partial charge in [-0.25, -0.2) is 4.39 Å². The number of halogens is 3. The molecule has 14 heavy (non-hydrogen) atoms. The van der Waals surface area contributed by atoms with Crippen LogP contribution in [-0.2, 0) is 6.42 Å². The Morgan fingerprint density at radius 3 is 2.79 bits per heavy atom. The second-order valence-corrected chi connectivity index (χ2v) is 4.62. The van der Waals surface area contributed by atoms with Crippen LogP contribution in [0.4, 0.5) is 4.39 Å². The van der Waals surface area contributed by atoms with Crippen molar-refractivity contribution >= 4 is 27.5 Å². The van der Waals surface area contributed by atoms with E-state index in [9.17, 15) is 4.39 Å². The molecule has 0 saturated carbocycles. The fraction of sp³-hybridized carbons (Fsp3) is 0.455. The quantitative estimate of drug-likeness (QED) is 0.715. The van der Waals surface area contributed by atoms with Gasteiger partial charge in [0.1, 0.15) is 5.82 Å². The molecule has 0 saturated heterocycles. The standard InChI is InChI=1S/C11H13BrClF/c1-8(7-12)2-3-9-4-5-10(13)6-11(9)14/h4-6,8H,2-3,7H2,1H3. The topological polar surface area (TPSA) is 0 Å². The average Bonchev–Trinajstić information content (AvgIpc) is 2.16. The van der Waals surface area contributed by atoms with E-state index in [2.05, 4.69) is 22.9 Å². The number of alkyl halides is 1. The Bertz CT molecular complexity index is 301. The summed E-state index contributed by atoms with van der Waals surface area (Å²) < 4.78 is 13.3. The van der Waals surface area contributed by atoms with Crippen LogP contribution < -0.4 is 0 Å². The Balaban J connectivity index is 2.59. The maximum atomic E-state index is 13.3. The zero-order valence-corrected chi connectivity index (χ0v) is 10.4. The van der Waals surface area contributed by atoms with Gasteiger partial charge in [0, 0.05) is 10.4 Å². The fourth-order valence-electron chi connectivity index (χ4n) is 1.20. The van der Waals surface area contributed by atoms with Crippen LogP contribution in [0.2, 0.25) is 5.02 Å². The minimum Gasteiger partial charge on any atom is -0.207 e. The van der Waals surface area contributed by atoms with Crippen molar-refractivity contribution in [3.8, 4) is 0 Å². The van der Waals surface area contributed by atoms with Crippen LogP contribution in [0.15, 0.2) is 18.2 Å². The lowest BCUT2D eigenvalue weighted by Gasteiger charge is -2.07. The molecule has 1 atom stereocenters. The molecule has 78 valence electrons. The third-order valence-corrected chi connectivity index (χ3v) is 3.53. The molecule has 1 aromatic carbocycles. The summed E-state index contributed by atoms with van der Waals surface area (Å²) in [5.41, 5.74) is 0.752. The van der Waals surface area contributed by atoms with Gasteiger partial charge in [0.15, 0.2) is 0 Å². The van der Waals surface area contributed by atoms with Gasteiger partial charge in [-0.15, -0.1) is 0 Å². The van der Waals surface area contributed by atoms with Gasteiger partial charge in [-0.3, -0.25) is 0 Å². The molecule has 0 amide bonds. The molecule has 1 aromatic rings. The first-order valence-electron chi connectivity index (χ1n) is 4.63. The summed E-state index contributed by atoms with van der Waals surface area (Å²) >= 11 is 9.06. The third-order valence-electron chi connectivity index (χ3n) is 2.18. The Morgan fingerprint density at radius 2 is 2.21 bits per heavy atom.